The van der Waals surface area contributed by atoms with E-state index in [-0.39, 0.29) is 5.78 Å². The summed E-state index contributed by atoms with van der Waals surface area (Å²) in [5.41, 5.74) is 6.86. The molecule has 0 saturated heterocycles. The second kappa shape index (κ2) is 5.08. The molecule has 0 amide bonds. The Kier molecular flexibility index (Phi) is 3.75. The van der Waals surface area contributed by atoms with Gasteiger partial charge in [0.25, 0.3) is 0 Å². The number of hydrogen-bond donors (Lipinski definition) is 1. The van der Waals surface area contributed by atoms with Crippen LogP contribution in [0.2, 0.25) is 0 Å². The molecular weight excluding hydrogens is 174 g/mol. The summed E-state index contributed by atoms with van der Waals surface area (Å²) in [5, 5.41) is 0. The van der Waals surface area contributed by atoms with Crippen molar-refractivity contribution in [1.29, 1.82) is 0 Å². The van der Waals surface area contributed by atoms with Gasteiger partial charge in [-0.2, -0.15) is 0 Å². The topological polar surface area (TPSA) is 43.1 Å². The van der Waals surface area contributed by atoms with Crippen molar-refractivity contribution in [3.8, 4) is 11.8 Å². The third kappa shape index (κ3) is 2.95. The van der Waals surface area contributed by atoms with Gasteiger partial charge in [0.05, 0.1) is 0 Å². The van der Waals surface area contributed by atoms with E-state index in [1.807, 2.05) is 0 Å². The normalized spacial score (nSPS) is 8.93. The number of anilines is 1. The van der Waals surface area contributed by atoms with Crippen LogP contribution >= 0.6 is 0 Å². The zero-order chi connectivity index (χ0) is 10.4. The van der Waals surface area contributed by atoms with E-state index in [0.717, 1.165) is 0 Å². The minimum absolute atomic E-state index is 0.0973. The number of carbonyl (C=O) groups excluding carboxylic acids is 1. The van der Waals surface area contributed by atoms with Crippen molar-refractivity contribution in [1.82, 2.24) is 0 Å². The highest BCUT2D eigenvalue weighted by atomic mass is 16.1. The molecule has 0 heterocycles. The number of ketones is 1. The fourth-order valence-electron chi connectivity index (χ4n) is 1.16. The Balaban J connectivity index is 2.63. The quantitative estimate of drug-likeness (QED) is 0.448. The Labute approximate surface area is 84.1 Å². The summed E-state index contributed by atoms with van der Waals surface area (Å²) in [4.78, 5) is 11.5. The Morgan fingerprint density at radius 3 is 2.93 bits per heavy atom. The van der Waals surface area contributed by atoms with E-state index >= 15 is 0 Å². The minimum Gasteiger partial charge on any atom is -0.399 e. The summed E-state index contributed by atoms with van der Waals surface area (Å²) in [5.74, 6) is 5.72. The first-order chi connectivity index (χ1) is 6.74. The molecule has 0 radical (unpaired) electrons. The molecule has 0 aliphatic heterocycles. The molecule has 2 nitrogen and oxygen atoms in total. The standard InChI is InChI=1S/C12H13NO/c1-2-3-4-8-12(14)10-6-5-7-11(13)9-10/h5-7,9H,4,8,13H2,1H3. The van der Waals surface area contributed by atoms with Crippen LogP contribution in [0, 0.1) is 11.8 Å². The van der Waals surface area contributed by atoms with E-state index in [4.69, 9.17) is 5.73 Å². The van der Waals surface area contributed by atoms with Crippen LogP contribution in [0.3, 0.4) is 0 Å². The molecule has 14 heavy (non-hydrogen) atoms. The number of hydrogen-bond acceptors (Lipinski definition) is 2. The summed E-state index contributed by atoms with van der Waals surface area (Å²) in [6.07, 6.45) is 1.08. The number of nitrogens with two attached hydrogens (primary N) is 1. The second-order valence-corrected chi connectivity index (χ2v) is 2.98. The lowest BCUT2D eigenvalue weighted by molar-refractivity contribution is 0.0984. The lowest BCUT2D eigenvalue weighted by Gasteiger charge is -1.99. The molecular formula is C12H13NO. The summed E-state index contributed by atoms with van der Waals surface area (Å²) in [6.45, 7) is 1.77. The van der Waals surface area contributed by atoms with Gasteiger partial charge in [0.2, 0.25) is 0 Å². The van der Waals surface area contributed by atoms with Gasteiger partial charge in [-0.1, -0.05) is 12.1 Å². The van der Waals surface area contributed by atoms with Crippen LogP contribution in [-0.4, -0.2) is 5.78 Å². The van der Waals surface area contributed by atoms with Crippen molar-refractivity contribution >= 4 is 11.5 Å². The molecule has 0 atom stereocenters. The zero-order valence-electron chi connectivity index (χ0n) is 8.21. The molecule has 1 aromatic rings. The first-order valence-electron chi connectivity index (χ1n) is 4.52. The van der Waals surface area contributed by atoms with Crippen molar-refractivity contribution in [2.45, 2.75) is 19.8 Å². The predicted octanol–water partition coefficient (Wildman–Crippen LogP) is 2.25. The van der Waals surface area contributed by atoms with E-state index in [1.54, 1.807) is 31.2 Å². The lowest BCUT2D eigenvalue weighted by Crippen LogP contribution is -1.99. The molecule has 0 bridgehead atoms. The Hall–Kier alpha value is -1.75. The van der Waals surface area contributed by atoms with Gasteiger partial charge in [0, 0.05) is 24.1 Å². The fourth-order valence-corrected chi connectivity index (χ4v) is 1.16. The van der Waals surface area contributed by atoms with Gasteiger partial charge in [0.1, 0.15) is 0 Å². The Bertz CT molecular complexity index is 385. The van der Waals surface area contributed by atoms with Gasteiger partial charge < -0.3 is 5.73 Å². The SMILES string of the molecule is CC#CCCC(=O)c1cccc(N)c1. The number of carbonyl (C=O) groups is 1. The van der Waals surface area contributed by atoms with E-state index in [2.05, 4.69) is 11.8 Å². The van der Waals surface area contributed by atoms with E-state index in [1.165, 1.54) is 0 Å². The first-order valence-corrected chi connectivity index (χ1v) is 4.52. The molecule has 2 N–H and O–H groups in total. The van der Waals surface area contributed by atoms with Gasteiger partial charge in [-0.25, -0.2) is 0 Å². The first kappa shape index (κ1) is 10.3. The predicted molar refractivity (Wildman–Crippen MR) is 57.9 cm³/mol. The van der Waals surface area contributed by atoms with Crippen molar-refractivity contribution in [2.24, 2.45) is 0 Å². The highest BCUT2D eigenvalue weighted by Gasteiger charge is 2.03. The third-order valence-electron chi connectivity index (χ3n) is 1.86. The van der Waals surface area contributed by atoms with Crippen molar-refractivity contribution in [2.75, 3.05) is 5.73 Å². The van der Waals surface area contributed by atoms with Gasteiger partial charge in [-0.15, -0.1) is 11.8 Å². The second-order valence-electron chi connectivity index (χ2n) is 2.98. The van der Waals surface area contributed by atoms with E-state index < -0.39 is 0 Å². The van der Waals surface area contributed by atoms with Crippen LogP contribution in [0.15, 0.2) is 24.3 Å². The Morgan fingerprint density at radius 2 is 2.29 bits per heavy atom. The maximum atomic E-state index is 11.5. The average molecular weight is 187 g/mol. The van der Waals surface area contributed by atoms with Crippen LogP contribution in [-0.2, 0) is 0 Å². The van der Waals surface area contributed by atoms with Crippen molar-refractivity contribution in [3.63, 3.8) is 0 Å². The summed E-state index contributed by atoms with van der Waals surface area (Å²) in [7, 11) is 0. The smallest absolute Gasteiger partial charge is 0.163 e. The number of nitrogen functional groups attached to an aromatic ring is 1. The fraction of sp³-hybridized carbons (Fsp3) is 0.250. The Morgan fingerprint density at radius 1 is 1.50 bits per heavy atom. The van der Waals surface area contributed by atoms with Crippen LogP contribution in [0.25, 0.3) is 0 Å². The molecule has 0 aliphatic rings. The number of rotatable bonds is 3. The van der Waals surface area contributed by atoms with Gasteiger partial charge in [-0.3, -0.25) is 4.79 Å². The van der Waals surface area contributed by atoms with Crippen LogP contribution in [0.1, 0.15) is 30.1 Å². The van der Waals surface area contributed by atoms with Gasteiger partial charge in [-0.05, 0) is 19.1 Å². The molecule has 2 heteroatoms. The van der Waals surface area contributed by atoms with E-state index in [0.29, 0.717) is 24.1 Å². The molecule has 0 aromatic heterocycles. The monoisotopic (exact) mass is 187 g/mol. The van der Waals surface area contributed by atoms with E-state index in [9.17, 15) is 4.79 Å². The third-order valence-corrected chi connectivity index (χ3v) is 1.86. The van der Waals surface area contributed by atoms with Crippen molar-refractivity contribution < 1.29 is 4.79 Å². The van der Waals surface area contributed by atoms with Crippen LogP contribution < -0.4 is 5.73 Å². The highest BCUT2D eigenvalue weighted by molar-refractivity contribution is 5.96. The average Bonchev–Trinajstić information content (AvgIpc) is 2.18. The molecule has 72 valence electrons. The molecule has 1 rings (SSSR count). The molecule has 0 spiro atoms. The largest absolute Gasteiger partial charge is 0.399 e. The maximum Gasteiger partial charge on any atom is 0.163 e. The molecule has 0 saturated carbocycles. The number of benzene rings is 1. The highest BCUT2D eigenvalue weighted by Crippen LogP contribution is 2.09. The van der Waals surface area contributed by atoms with Crippen LogP contribution in [0.4, 0.5) is 5.69 Å². The summed E-state index contributed by atoms with van der Waals surface area (Å²) >= 11 is 0. The minimum atomic E-state index is 0.0973. The molecule has 0 aliphatic carbocycles. The molecule has 0 unspecified atom stereocenters. The molecule has 1 aromatic carbocycles. The van der Waals surface area contributed by atoms with Gasteiger partial charge in [0.15, 0.2) is 5.78 Å². The number of Topliss-reactive ketones (excluding diaryl/α,β-unsaturated/α-hetero) is 1. The summed E-state index contributed by atoms with van der Waals surface area (Å²) < 4.78 is 0. The van der Waals surface area contributed by atoms with Crippen molar-refractivity contribution in [3.05, 3.63) is 29.8 Å². The molecule has 0 fully saturated rings. The maximum absolute atomic E-state index is 11.5. The zero-order valence-corrected chi connectivity index (χ0v) is 8.21. The summed E-state index contributed by atoms with van der Waals surface area (Å²) in [6, 6.07) is 7.02. The van der Waals surface area contributed by atoms with Gasteiger partial charge >= 0.3 is 0 Å². The lowest BCUT2D eigenvalue weighted by atomic mass is 10.1. The van der Waals surface area contributed by atoms with Crippen LogP contribution in [0.5, 0.6) is 0 Å².